The molecular formula is C15H20BrN3O2. The fraction of sp³-hybridized carbons (Fsp3) is 0.600. The normalized spacial score (nSPS) is 24.6. The summed E-state index contributed by atoms with van der Waals surface area (Å²) in [7, 11) is 0. The van der Waals surface area contributed by atoms with Crippen LogP contribution in [0, 0.1) is 0 Å². The van der Waals surface area contributed by atoms with Crippen molar-refractivity contribution in [3.8, 4) is 0 Å². The molecule has 1 aliphatic heterocycles. The number of hydrogen-bond donors (Lipinski definition) is 0. The Bertz CT molecular complexity index is 558. The molecule has 1 saturated carbocycles. The van der Waals surface area contributed by atoms with Gasteiger partial charge in [-0.1, -0.05) is 0 Å². The average molecular weight is 354 g/mol. The van der Waals surface area contributed by atoms with Gasteiger partial charge in [-0.25, -0.2) is 4.79 Å². The zero-order chi connectivity index (χ0) is 15.2. The molecule has 0 aromatic carbocycles. The summed E-state index contributed by atoms with van der Waals surface area (Å²) in [5.41, 5.74) is 0.674. The summed E-state index contributed by atoms with van der Waals surface area (Å²) in [6.07, 6.45) is 4.47. The van der Waals surface area contributed by atoms with Crippen LogP contribution in [0.5, 0.6) is 0 Å². The Hall–Kier alpha value is -1.30. The zero-order valence-corrected chi connectivity index (χ0v) is 14.1. The lowest BCUT2D eigenvalue weighted by molar-refractivity contribution is 0.0218. The van der Waals surface area contributed by atoms with Crippen molar-refractivity contribution in [1.82, 2.24) is 9.88 Å². The Morgan fingerprint density at radius 3 is 2.76 bits per heavy atom. The molecule has 114 valence electrons. The molecular weight excluding hydrogens is 334 g/mol. The van der Waals surface area contributed by atoms with Crippen LogP contribution in [0.25, 0.3) is 0 Å². The van der Waals surface area contributed by atoms with Crippen molar-refractivity contribution in [2.45, 2.75) is 44.9 Å². The van der Waals surface area contributed by atoms with Gasteiger partial charge in [0.15, 0.2) is 0 Å². The Labute approximate surface area is 133 Å². The fourth-order valence-electron chi connectivity index (χ4n) is 2.81. The van der Waals surface area contributed by atoms with E-state index in [1.807, 2.05) is 31.9 Å². The molecule has 1 amide bonds. The van der Waals surface area contributed by atoms with Gasteiger partial charge in [-0.05, 0) is 49.2 Å². The molecule has 21 heavy (non-hydrogen) atoms. The van der Waals surface area contributed by atoms with E-state index >= 15 is 0 Å². The molecule has 5 nitrogen and oxygen atoms in total. The van der Waals surface area contributed by atoms with Crippen LogP contribution in [0.3, 0.4) is 0 Å². The fourth-order valence-corrected chi connectivity index (χ4v) is 3.16. The molecule has 1 aromatic rings. The number of rotatable bonds is 1. The van der Waals surface area contributed by atoms with Crippen LogP contribution in [0.4, 0.5) is 10.5 Å². The van der Waals surface area contributed by atoms with E-state index in [4.69, 9.17) is 4.74 Å². The average Bonchev–Trinajstić information content (AvgIpc) is 3.15. The molecule has 0 N–H and O–H groups in total. The zero-order valence-electron chi connectivity index (χ0n) is 12.5. The molecule has 1 aliphatic carbocycles. The van der Waals surface area contributed by atoms with E-state index in [0.29, 0.717) is 12.6 Å². The van der Waals surface area contributed by atoms with Crippen LogP contribution in [-0.2, 0) is 4.74 Å². The second-order valence-corrected chi connectivity index (χ2v) is 7.51. The SMILES string of the molecule is CC(C)(C)OC(=O)N1CCN(c2cncc(Br)c2)C2CC21. The lowest BCUT2D eigenvalue weighted by atomic mass is 10.2. The molecule has 0 radical (unpaired) electrons. The summed E-state index contributed by atoms with van der Waals surface area (Å²) < 4.78 is 6.46. The summed E-state index contributed by atoms with van der Waals surface area (Å²) in [4.78, 5) is 20.6. The predicted octanol–water partition coefficient (Wildman–Crippen LogP) is 3.04. The van der Waals surface area contributed by atoms with Crippen molar-refractivity contribution >= 4 is 27.7 Å². The van der Waals surface area contributed by atoms with Gasteiger partial charge in [0.1, 0.15) is 5.60 Å². The quantitative estimate of drug-likeness (QED) is 0.778. The van der Waals surface area contributed by atoms with Crippen LogP contribution in [-0.4, -0.2) is 46.8 Å². The van der Waals surface area contributed by atoms with Gasteiger partial charge in [-0.2, -0.15) is 0 Å². The van der Waals surface area contributed by atoms with Crippen LogP contribution < -0.4 is 4.90 Å². The Kier molecular flexibility index (Phi) is 3.59. The van der Waals surface area contributed by atoms with Gasteiger partial charge in [-0.3, -0.25) is 4.98 Å². The Balaban J connectivity index is 1.67. The molecule has 1 saturated heterocycles. The first-order valence-corrected chi connectivity index (χ1v) is 8.01. The molecule has 2 fully saturated rings. The number of carbonyl (C=O) groups excluding carboxylic acids is 1. The number of hydrogen-bond acceptors (Lipinski definition) is 4. The second-order valence-electron chi connectivity index (χ2n) is 6.60. The van der Waals surface area contributed by atoms with Gasteiger partial charge >= 0.3 is 6.09 Å². The maximum absolute atomic E-state index is 12.2. The smallest absolute Gasteiger partial charge is 0.410 e. The van der Waals surface area contributed by atoms with Gasteiger partial charge in [0.25, 0.3) is 0 Å². The first kappa shape index (κ1) is 14.6. The number of amides is 1. The van der Waals surface area contributed by atoms with Crippen LogP contribution in [0.2, 0.25) is 0 Å². The molecule has 2 heterocycles. The molecule has 3 rings (SSSR count). The lowest BCUT2D eigenvalue weighted by Crippen LogP contribution is -2.50. The number of fused-ring (bicyclic) bond motifs is 1. The van der Waals surface area contributed by atoms with E-state index < -0.39 is 5.60 Å². The van der Waals surface area contributed by atoms with Crippen molar-refractivity contribution in [1.29, 1.82) is 0 Å². The highest BCUT2D eigenvalue weighted by Gasteiger charge is 2.51. The second kappa shape index (κ2) is 5.16. The minimum atomic E-state index is -0.438. The highest BCUT2D eigenvalue weighted by molar-refractivity contribution is 9.10. The molecule has 0 bridgehead atoms. The van der Waals surface area contributed by atoms with Crippen molar-refractivity contribution in [2.24, 2.45) is 0 Å². The van der Waals surface area contributed by atoms with Gasteiger partial charge in [0.2, 0.25) is 0 Å². The molecule has 1 aromatic heterocycles. The number of pyridine rings is 1. The number of piperazine rings is 1. The van der Waals surface area contributed by atoms with Gasteiger partial charge in [-0.15, -0.1) is 0 Å². The van der Waals surface area contributed by atoms with Crippen LogP contribution >= 0.6 is 15.9 Å². The molecule has 2 unspecified atom stereocenters. The maximum atomic E-state index is 12.2. The minimum absolute atomic E-state index is 0.193. The van der Waals surface area contributed by atoms with Gasteiger partial charge in [0, 0.05) is 23.8 Å². The number of nitrogens with zero attached hydrogens (tertiary/aromatic N) is 3. The molecule has 6 heteroatoms. The van der Waals surface area contributed by atoms with E-state index in [2.05, 4.69) is 31.9 Å². The Morgan fingerprint density at radius 1 is 1.33 bits per heavy atom. The number of carbonyl (C=O) groups is 1. The number of ether oxygens (including phenoxy) is 1. The van der Waals surface area contributed by atoms with Gasteiger partial charge < -0.3 is 14.5 Å². The van der Waals surface area contributed by atoms with E-state index in [-0.39, 0.29) is 12.1 Å². The van der Waals surface area contributed by atoms with E-state index in [9.17, 15) is 4.79 Å². The van der Waals surface area contributed by atoms with Crippen LogP contribution in [0.1, 0.15) is 27.2 Å². The van der Waals surface area contributed by atoms with Crippen molar-refractivity contribution in [3.63, 3.8) is 0 Å². The molecule has 2 atom stereocenters. The molecule has 2 aliphatic rings. The summed E-state index contributed by atoms with van der Waals surface area (Å²) in [6.45, 7) is 7.22. The van der Waals surface area contributed by atoms with Crippen LogP contribution in [0.15, 0.2) is 22.9 Å². The van der Waals surface area contributed by atoms with E-state index in [1.54, 1.807) is 6.20 Å². The van der Waals surface area contributed by atoms with Crippen molar-refractivity contribution < 1.29 is 9.53 Å². The first-order valence-electron chi connectivity index (χ1n) is 7.22. The van der Waals surface area contributed by atoms with Crippen molar-refractivity contribution in [2.75, 3.05) is 18.0 Å². The van der Waals surface area contributed by atoms with Crippen molar-refractivity contribution in [3.05, 3.63) is 22.9 Å². The van der Waals surface area contributed by atoms with E-state index in [0.717, 1.165) is 23.1 Å². The third kappa shape index (κ3) is 3.15. The summed E-state index contributed by atoms with van der Waals surface area (Å²) in [6, 6.07) is 2.74. The largest absolute Gasteiger partial charge is 0.444 e. The highest BCUT2D eigenvalue weighted by Crippen LogP contribution is 2.40. The third-order valence-electron chi connectivity index (χ3n) is 3.76. The topological polar surface area (TPSA) is 45.7 Å². The number of anilines is 1. The van der Waals surface area contributed by atoms with E-state index in [1.165, 1.54) is 0 Å². The summed E-state index contributed by atoms with van der Waals surface area (Å²) in [5.74, 6) is 0. The monoisotopic (exact) mass is 353 g/mol. The number of aromatic nitrogens is 1. The highest BCUT2D eigenvalue weighted by atomic mass is 79.9. The maximum Gasteiger partial charge on any atom is 0.410 e. The predicted molar refractivity (Wildman–Crippen MR) is 84.4 cm³/mol. The summed E-state index contributed by atoms with van der Waals surface area (Å²) in [5, 5.41) is 0. The summed E-state index contributed by atoms with van der Waals surface area (Å²) >= 11 is 3.46. The standard InChI is InChI=1S/C15H20BrN3O2/c1-15(2,3)21-14(20)19-5-4-18(12-7-13(12)19)11-6-10(16)8-17-9-11/h6,8-9,12-13H,4-5,7H2,1-3H3. The molecule has 0 spiro atoms. The Morgan fingerprint density at radius 2 is 2.10 bits per heavy atom. The number of halogens is 1. The first-order chi connectivity index (χ1) is 9.85. The third-order valence-corrected chi connectivity index (χ3v) is 4.19. The lowest BCUT2D eigenvalue weighted by Gasteiger charge is -2.36. The minimum Gasteiger partial charge on any atom is -0.444 e. The van der Waals surface area contributed by atoms with Gasteiger partial charge in [0.05, 0.1) is 24.0 Å².